The summed E-state index contributed by atoms with van der Waals surface area (Å²) in [5.74, 6) is -2.94. The van der Waals surface area contributed by atoms with Gasteiger partial charge in [-0.05, 0) is 138 Å². The van der Waals surface area contributed by atoms with E-state index in [2.05, 4.69) is 5.32 Å². The molecule has 5 atom stereocenters. The molecule has 1 aliphatic heterocycles. The maximum Gasteiger partial charge on any atom is 0.420 e. The van der Waals surface area contributed by atoms with Crippen molar-refractivity contribution >= 4 is 47.7 Å². The van der Waals surface area contributed by atoms with Gasteiger partial charge in [-0.15, -0.1) is 0 Å². The van der Waals surface area contributed by atoms with Gasteiger partial charge in [0, 0.05) is 37.4 Å². The minimum atomic E-state index is -1.58. The van der Waals surface area contributed by atoms with Crippen LogP contribution in [0.3, 0.4) is 0 Å². The van der Waals surface area contributed by atoms with Crippen molar-refractivity contribution in [1.29, 1.82) is 0 Å². The fraction of sp³-hybridized carbons (Fsp3) is 0.609. The number of ether oxygens (including phenoxy) is 6. The molecule has 0 aliphatic carbocycles. The van der Waals surface area contributed by atoms with Crippen LogP contribution in [0.1, 0.15) is 119 Å². The van der Waals surface area contributed by atoms with E-state index < -0.39 is 88.7 Å². The first-order chi connectivity index (χ1) is 28.5. The van der Waals surface area contributed by atoms with Crippen molar-refractivity contribution in [3.63, 3.8) is 0 Å². The predicted octanol–water partition coefficient (Wildman–Crippen LogP) is 8.89. The van der Waals surface area contributed by atoms with Gasteiger partial charge in [-0.1, -0.05) is 30.3 Å². The van der Waals surface area contributed by atoms with Gasteiger partial charge < -0.3 is 38.6 Å². The third-order valence-electron chi connectivity index (χ3n) is 9.79. The number of rotatable bonds is 11. The number of hydrogen-bond donors (Lipinski definition) is 1. The van der Waals surface area contributed by atoms with E-state index in [0.29, 0.717) is 9.80 Å². The number of methoxy groups -OCH3 is 2. The highest BCUT2D eigenvalue weighted by Gasteiger charge is 2.49. The van der Waals surface area contributed by atoms with Crippen LogP contribution in [0.4, 0.5) is 30.6 Å². The average molecular weight is 869 g/mol. The quantitative estimate of drug-likeness (QED) is 0.167. The van der Waals surface area contributed by atoms with E-state index in [0.717, 1.165) is 36.7 Å². The van der Waals surface area contributed by atoms with Crippen molar-refractivity contribution in [3.05, 3.63) is 59.7 Å². The maximum atomic E-state index is 14.1. The zero-order valence-electron chi connectivity index (χ0n) is 39.4. The highest BCUT2D eigenvalue weighted by molar-refractivity contribution is 5.95. The lowest BCUT2D eigenvalue weighted by molar-refractivity contribution is -0.147. The molecule has 0 radical (unpaired) electrons. The van der Waals surface area contributed by atoms with Gasteiger partial charge in [0.1, 0.15) is 34.5 Å². The number of anilines is 2. The second-order valence-electron chi connectivity index (χ2n) is 19.3. The van der Waals surface area contributed by atoms with Crippen molar-refractivity contribution in [2.45, 2.75) is 149 Å². The monoisotopic (exact) mass is 868 g/mol. The van der Waals surface area contributed by atoms with E-state index >= 15 is 0 Å². The van der Waals surface area contributed by atoms with Crippen molar-refractivity contribution < 1.29 is 57.2 Å². The lowest BCUT2D eigenvalue weighted by atomic mass is 9.69. The first-order valence-electron chi connectivity index (χ1n) is 20.8. The fourth-order valence-corrected chi connectivity index (χ4v) is 7.40. The van der Waals surface area contributed by atoms with Crippen LogP contribution in [0.25, 0.3) is 0 Å². The summed E-state index contributed by atoms with van der Waals surface area (Å²) in [5, 5.41) is 3.14. The van der Waals surface area contributed by atoms with Gasteiger partial charge in [0.25, 0.3) is 0 Å². The van der Waals surface area contributed by atoms with Crippen LogP contribution < -0.4 is 10.2 Å². The van der Waals surface area contributed by atoms with E-state index in [1.165, 1.54) is 0 Å². The number of fused-ring (bicyclic) bond motifs is 1. The first-order valence-corrected chi connectivity index (χ1v) is 20.8. The number of nitrogens with one attached hydrogen (secondary N) is 1. The van der Waals surface area contributed by atoms with Crippen molar-refractivity contribution in [3.8, 4) is 0 Å². The number of imide groups is 2. The number of nitrogens with zero attached hydrogens (tertiary/aromatic N) is 3. The van der Waals surface area contributed by atoms with E-state index in [4.69, 9.17) is 28.4 Å². The van der Waals surface area contributed by atoms with Gasteiger partial charge in [0.15, 0.2) is 0 Å². The zero-order chi connectivity index (χ0) is 47.1. The molecule has 344 valence electrons. The molecule has 0 fully saturated rings. The molecule has 0 spiro atoms. The molecule has 0 saturated heterocycles. The summed E-state index contributed by atoms with van der Waals surface area (Å²) in [6.45, 7) is 19.6. The Morgan fingerprint density at radius 3 is 1.44 bits per heavy atom. The third kappa shape index (κ3) is 13.7. The lowest BCUT2D eigenvalue weighted by Crippen LogP contribution is -2.56. The second-order valence-corrected chi connectivity index (χ2v) is 19.3. The predicted molar refractivity (Wildman–Crippen MR) is 234 cm³/mol. The van der Waals surface area contributed by atoms with Gasteiger partial charge in [-0.3, -0.25) is 0 Å². The first kappa shape index (κ1) is 50.8. The molecule has 1 aliphatic rings. The number of carbonyl (C=O) groups excluding carboxylic acids is 6. The minimum absolute atomic E-state index is 0.0925. The molecule has 0 bridgehead atoms. The average Bonchev–Trinajstić information content (AvgIpc) is 3.13. The summed E-state index contributed by atoms with van der Waals surface area (Å²) in [6.07, 6.45) is -4.70. The summed E-state index contributed by atoms with van der Waals surface area (Å²) in [4.78, 5) is 87.2. The standard InChI is InChI=1S/C46H68N4O12/c1-43(2,3)59-39(53)49(40(54)60-44(4,5)6)34(37(51)57-15)26-25-33-31(36(28-21-23-29(47-13)24-22-28)30-19-17-18-20-32(30)48(33)14)27-35(38(52)58-16)50(41(55)61-45(7,8)9)42(56)62-46(10,11)12/h17-24,31,33-36,47H,25-27H2,1-16H3/t31-,33-,34-,35-,36+/m0/s1. The van der Waals surface area contributed by atoms with Crippen molar-refractivity contribution in [1.82, 2.24) is 9.80 Å². The number of para-hydroxylation sites is 1. The lowest BCUT2D eigenvalue weighted by Gasteiger charge is -2.48. The van der Waals surface area contributed by atoms with E-state index in [9.17, 15) is 28.8 Å². The summed E-state index contributed by atoms with van der Waals surface area (Å²) in [5.41, 5.74) is -0.842. The Hall–Kier alpha value is -5.54. The number of amides is 4. The Bertz CT molecular complexity index is 1850. The molecule has 4 amide bonds. The molecular weight excluding hydrogens is 801 g/mol. The van der Waals surface area contributed by atoms with E-state index in [-0.39, 0.29) is 19.3 Å². The van der Waals surface area contributed by atoms with Crippen LogP contribution in [-0.4, -0.2) is 115 Å². The normalized spacial score (nSPS) is 17.6. The Kier molecular flexibility index (Phi) is 16.5. The van der Waals surface area contributed by atoms with Gasteiger partial charge >= 0.3 is 36.3 Å². The molecule has 16 heteroatoms. The van der Waals surface area contributed by atoms with Gasteiger partial charge in [0.2, 0.25) is 0 Å². The van der Waals surface area contributed by atoms with Crippen LogP contribution in [0, 0.1) is 5.92 Å². The summed E-state index contributed by atoms with van der Waals surface area (Å²) < 4.78 is 33.2. The SMILES string of the molecule is CNc1ccc([C@@H]2c3ccccc3N(C)[C@@H](CC[C@@H](C(=O)OC)N(C(=O)OC(C)(C)C)C(=O)OC(C)(C)C)[C@@H]2C[C@@H](C(=O)OC)N(C(=O)OC(C)(C)C)C(=O)OC(C)(C)C)cc1. The molecule has 0 saturated carbocycles. The van der Waals surface area contributed by atoms with Crippen molar-refractivity contribution in [2.24, 2.45) is 5.92 Å². The van der Waals surface area contributed by atoms with E-state index in [1.54, 1.807) is 90.1 Å². The fourth-order valence-electron chi connectivity index (χ4n) is 7.40. The molecule has 2 aromatic carbocycles. The topological polar surface area (TPSA) is 180 Å². The maximum absolute atomic E-state index is 14.1. The Labute approximate surface area is 366 Å². The van der Waals surface area contributed by atoms with Crippen molar-refractivity contribution in [2.75, 3.05) is 38.5 Å². The van der Waals surface area contributed by atoms with Gasteiger partial charge in [-0.2, -0.15) is 9.80 Å². The highest BCUT2D eigenvalue weighted by Crippen LogP contribution is 2.49. The summed E-state index contributed by atoms with van der Waals surface area (Å²) in [6, 6.07) is 11.7. The molecule has 1 N–H and O–H groups in total. The molecule has 2 aromatic rings. The Balaban J connectivity index is 2.36. The smallest absolute Gasteiger partial charge is 0.420 e. The molecular formula is C46H68N4O12. The van der Waals surface area contributed by atoms with Crippen LogP contribution in [0.15, 0.2) is 48.5 Å². The number of benzene rings is 2. The van der Waals surface area contributed by atoms with E-state index in [1.807, 2.05) is 60.5 Å². The number of hydrogen-bond acceptors (Lipinski definition) is 14. The van der Waals surface area contributed by atoms with Crippen LogP contribution >= 0.6 is 0 Å². The third-order valence-corrected chi connectivity index (χ3v) is 9.79. The Morgan fingerprint density at radius 1 is 0.629 bits per heavy atom. The molecule has 0 unspecified atom stereocenters. The summed E-state index contributed by atoms with van der Waals surface area (Å²) in [7, 11) is 5.97. The van der Waals surface area contributed by atoms with Crippen LogP contribution in [0.5, 0.6) is 0 Å². The highest BCUT2D eigenvalue weighted by atomic mass is 16.6. The number of carbonyl (C=O) groups is 6. The van der Waals surface area contributed by atoms with Gasteiger partial charge in [0.05, 0.1) is 14.2 Å². The van der Waals surface area contributed by atoms with Crippen LogP contribution in [-0.2, 0) is 38.0 Å². The largest absolute Gasteiger partial charge is 0.467 e. The zero-order valence-corrected chi connectivity index (χ0v) is 39.4. The minimum Gasteiger partial charge on any atom is -0.467 e. The van der Waals surface area contributed by atoms with Gasteiger partial charge in [-0.25, -0.2) is 28.8 Å². The molecule has 16 nitrogen and oxygen atoms in total. The molecule has 3 rings (SSSR count). The molecule has 0 aromatic heterocycles. The second kappa shape index (κ2) is 20.1. The van der Waals surface area contributed by atoms with Crippen LogP contribution in [0.2, 0.25) is 0 Å². The molecule has 1 heterocycles. The molecule has 62 heavy (non-hydrogen) atoms. The number of esters is 2. The summed E-state index contributed by atoms with van der Waals surface area (Å²) >= 11 is 0. The Morgan fingerprint density at radius 2 is 1.03 bits per heavy atom.